The molecule has 5 nitrogen and oxygen atoms in total. The van der Waals surface area contributed by atoms with Crippen molar-refractivity contribution in [1.29, 1.82) is 0 Å². The topological polar surface area (TPSA) is 59.8 Å². The third-order valence-electron chi connectivity index (χ3n) is 3.69. The summed E-state index contributed by atoms with van der Waals surface area (Å²) in [6, 6.07) is 3.85. The van der Waals surface area contributed by atoms with E-state index < -0.39 is 18.7 Å². The molecule has 1 amide bonds. The van der Waals surface area contributed by atoms with Crippen LogP contribution in [-0.4, -0.2) is 20.7 Å². The molecular weight excluding hydrogens is 264 g/mol. The zero-order valence-corrected chi connectivity index (χ0v) is 12.2. The van der Waals surface area contributed by atoms with Crippen LogP contribution in [0.25, 0.3) is 11.3 Å². The molecule has 0 aromatic carbocycles. The van der Waals surface area contributed by atoms with Crippen LogP contribution in [0.1, 0.15) is 34.6 Å². The Bertz CT molecular complexity index is 731. The van der Waals surface area contributed by atoms with E-state index in [1.54, 1.807) is 24.0 Å². The van der Waals surface area contributed by atoms with E-state index in [0.29, 0.717) is 18.5 Å². The number of rotatable bonds is 0. The van der Waals surface area contributed by atoms with E-state index in [9.17, 15) is 4.79 Å². The highest BCUT2D eigenvalue weighted by Gasteiger charge is 2.18. The lowest BCUT2D eigenvalue weighted by molar-refractivity contribution is -0.119. The Kier molecular flexibility index (Phi) is 3.10. The molecule has 2 aromatic rings. The van der Waals surface area contributed by atoms with Gasteiger partial charge in [-0.25, -0.2) is 0 Å². The van der Waals surface area contributed by atoms with E-state index in [4.69, 9.17) is 2.74 Å². The van der Waals surface area contributed by atoms with E-state index in [0.717, 1.165) is 17.0 Å². The number of fused-ring (bicyclic) bond motifs is 4. The molecule has 3 atom stereocenters. The first-order chi connectivity index (χ1) is 11.0. The van der Waals surface area contributed by atoms with Gasteiger partial charge in [-0.2, -0.15) is 5.10 Å². The lowest BCUT2D eigenvalue weighted by atomic mass is 10.00. The maximum absolute atomic E-state index is 12.4. The highest BCUT2D eigenvalue weighted by Crippen LogP contribution is 2.29. The fourth-order valence-corrected chi connectivity index (χ4v) is 2.50. The van der Waals surface area contributed by atoms with Gasteiger partial charge < -0.3 is 5.32 Å². The number of aromatic nitrogens is 3. The molecule has 0 saturated heterocycles. The molecule has 0 spiro atoms. The van der Waals surface area contributed by atoms with Crippen molar-refractivity contribution < 1.29 is 7.54 Å². The van der Waals surface area contributed by atoms with E-state index in [2.05, 4.69) is 15.4 Å². The molecule has 2 bridgehead atoms. The quantitative estimate of drug-likeness (QED) is 0.810. The minimum absolute atomic E-state index is 0.244. The fourth-order valence-electron chi connectivity index (χ4n) is 2.50. The third kappa shape index (κ3) is 2.82. The van der Waals surface area contributed by atoms with Gasteiger partial charge in [0.1, 0.15) is 0 Å². The minimum Gasteiger partial charge on any atom is -0.323 e. The summed E-state index contributed by atoms with van der Waals surface area (Å²) in [7, 11) is 1.83. The molecule has 1 N–H and O–H groups in total. The summed E-state index contributed by atoms with van der Waals surface area (Å²) < 4.78 is 18.0. The van der Waals surface area contributed by atoms with Gasteiger partial charge in [-0.15, -0.1) is 0 Å². The van der Waals surface area contributed by atoms with Crippen LogP contribution in [0.3, 0.4) is 0 Å². The summed E-state index contributed by atoms with van der Waals surface area (Å²) in [5.41, 5.74) is 3.26. The van der Waals surface area contributed by atoms with Crippen LogP contribution in [0.4, 0.5) is 5.69 Å². The number of carbonyl (C=O) groups is 1. The molecule has 21 heavy (non-hydrogen) atoms. The summed E-state index contributed by atoms with van der Waals surface area (Å²) in [5.74, 6) is -0.803. The van der Waals surface area contributed by atoms with Crippen LogP contribution < -0.4 is 5.32 Å². The molecule has 2 aromatic heterocycles. The van der Waals surface area contributed by atoms with Crippen molar-refractivity contribution in [2.45, 2.75) is 32.6 Å². The van der Waals surface area contributed by atoms with E-state index in [-0.39, 0.29) is 5.91 Å². The highest BCUT2D eigenvalue weighted by molar-refractivity contribution is 5.95. The Balaban J connectivity index is 2.09. The van der Waals surface area contributed by atoms with Crippen LogP contribution in [0, 0.1) is 5.92 Å². The number of nitrogens with zero attached hydrogens (tertiary/aromatic N) is 3. The molecule has 3 rings (SSSR count). The second-order valence-electron chi connectivity index (χ2n) is 5.31. The summed E-state index contributed by atoms with van der Waals surface area (Å²) in [6.45, 7) is 1.70. The van der Waals surface area contributed by atoms with Crippen LogP contribution in [0.5, 0.6) is 0 Å². The Morgan fingerprint density at radius 3 is 3.24 bits per heavy atom. The molecule has 2 unspecified atom stereocenters. The molecule has 1 aliphatic rings. The summed E-state index contributed by atoms with van der Waals surface area (Å²) in [5, 5.41) is 7.10. The van der Waals surface area contributed by atoms with Gasteiger partial charge in [0.15, 0.2) is 0 Å². The number of amides is 1. The average Bonchev–Trinajstić information content (AvgIpc) is 2.91. The average molecular weight is 286 g/mol. The number of aryl methyl sites for hydroxylation is 2. The summed E-state index contributed by atoms with van der Waals surface area (Å²) in [6.07, 6.45) is 3.10. The van der Waals surface area contributed by atoms with Crippen molar-refractivity contribution in [1.82, 2.24) is 14.8 Å². The molecule has 0 fully saturated rings. The van der Waals surface area contributed by atoms with Crippen molar-refractivity contribution in [3.63, 3.8) is 0 Å². The van der Waals surface area contributed by atoms with E-state index in [1.165, 1.54) is 0 Å². The molecular formula is C16H20N4O. The third-order valence-corrected chi connectivity index (χ3v) is 3.69. The molecule has 0 saturated carbocycles. The standard InChI is InChI=1S/C16H20N4O/c1-11-5-3-4-6-13-9-12(7-8-17-13)15-14(19-16(11)21)10-18-20(15)2/h7-11H,3-6H2,1-2H3,(H,19,21)/t11-/m1/s1/i3D,5D/t3?,5?,11-. The number of carbonyl (C=O) groups excluding carboxylic acids is 1. The summed E-state index contributed by atoms with van der Waals surface area (Å²) >= 11 is 0. The maximum Gasteiger partial charge on any atom is 0.227 e. The van der Waals surface area contributed by atoms with Gasteiger partial charge in [-0.05, 0) is 31.4 Å². The van der Waals surface area contributed by atoms with Crippen LogP contribution in [0.15, 0.2) is 24.5 Å². The first kappa shape index (κ1) is 11.5. The minimum atomic E-state index is -0.766. The van der Waals surface area contributed by atoms with Gasteiger partial charge in [0.05, 0.1) is 17.6 Å². The van der Waals surface area contributed by atoms with Crippen molar-refractivity contribution in [3.05, 3.63) is 30.2 Å². The normalized spacial score (nSPS) is 27.5. The van der Waals surface area contributed by atoms with Crippen molar-refractivity contribution in [2.24, 2.45) is 13.0 Å². The first-order valence-electron chi connectivity index (χ1n) is 8.25. The fraction of sp³-hybridized carbons (Fsp3) is 0.438. The van der Waals surface area contributed by atoms with E-state index >= 15 is 0 Å². The lowest BCUT2D eigenvalue weighted by Gasteiger charge is -2.14. The molecule has 0 aliphatic carbocycles. The molecule has 5 heteroatoms. The van der Waals surface area contributed by atoms with Crippen molar-refractivity contribution >= 4 is 11.6 Å². The Hall–Kier alpha value is -2.17. The monoisotopic (exact) mass is 286 g/mol. The van der Waals surface area contributed by atoms with E-state index in [1.807, 2.05) is 19.2 Å². The molecule has 3 heterocycles. The largest absolute Gasteiger partial charge is 0.323 e. The number of nitrogens with one attached hydrogen (secondary N) is 1. The van der Waals surface area contributed by atoms with Crippen molar-refractivity contribution in [3.8, 4) is 11.3 Å². The molecule has 110 valence electrons. The van der Waals surface area contributed by atoms with Crippen LogP contribution in [0.2, 0.25) is 0 Å². The van der Waals surface area contributed by atoms with Crippen LogP contribution >= 0.6 is 0 Å². The number of anilines is 1. The lowest BCUT2D eigenvalue weighted by Crippen LogP contribution is -2.20. The Morgan fingerprint density at radius 1 is 1.52 bits per heavy atom. The molecule has 0 radical (unpaired) electrons. The highest BCUT2D eigenvalue weighted by atomic mass is 16.1. The first-order valence-corrected chi connectivity index (χ1v) is 7.10. The Labute approximate surface area is 127 Å². The maximum atomic E-state index is 12.4. The predicted molar refractivity (Wildman–Crippen MR) is 81.8 cm³/mol. The summed E-state index contributed by atoms with van der Waals surface area (Å²) in [4.78, 5) is 16.8. The van der Waals surface area contributed by atoms with Crippen molar-refractivity contribution in [2.75, 3.05) is 5.32 Å². The van der Waals surface area contributed by atoms with Gasteiger partial charge in [0.2, 0.25) is 5.91 Å². The second-order valence-corrected chi connectivity index (χ2v) is 5.31. The smallest absolute Gasteiger partial charge is 0.227 e. The van der Waals surface area contributed by atoms with Gasteiger partial charge >= 0.3 is 0 Å². The van der Waals surface area contributed by atoms with Crippen LogP contribution in [-0.2, 0) is 18.3 Å². The number of hydrogen-bond donors (Lipinski definition) is 1. The van der Waals surface area contributed by atoms with Gasteiger partial charge in [0.25, 0.3) is 0 Å². The Morgan fingerprint density at radius 2 is 2.38 bits per heavy atom. The number of pyridine rings is 1. The zero-order valence-electron chi connectivity index (χ0n) is 14.2. The van der Waals surface area contributed by atoms with Gasteiger partial charge in [-0.3, -0.25) is 14.5 Å². The molecule has 1 aliphatic heterocycles. The SMILES string of the molecule is [2H]C1CCc2cc(ccn2)-c2c(cnn2C)NC(=O)[C@H](C)C1[2H]. The van der Waals surface area contributed by atoms with Gasteiger partial charge in [0, 0.05) is 33.2 Å². The van der Waals surface area contributed by atoms with Gasteiger partial charge in [-0.1, -0.05) is 13.3 Å². The zero-order chi connectivity index (χ0) is 16.6. The predicted octanol–water partition coefficient (Wildman–Crippen LogP) is 2.78. The second kappa shape index (κ2) is 5.68. The number of hydrogen-bond acceptors (Lipinski definition) is 3.